The zero-order chi connectivity index (χ0) is 14.6. The molecule has 2 N–H and O–H groups in total. The van der Waals surface area contributed by atoms with Gasteiger partial charge in [0, 0.05) is 6.42 Å². The molecule has 2 fully saturated rings. The van der Waals surface area contributed by atoms with Crippen molar-refractivity contribution in [3.63, 3.8) is 0 Å². The first-order valence-electron chi connectivity index (χ1n) is 8.06. The summed E-state index contributed by atoms with van der Waals surface area (Å²) >= 11 is 0. The van der Waals surface area contributed by atoms with Gasteiger partial charge in [-0.15, -0.1) is 0 Å². The molecule has 0 aromatic heterocycles. The normalized spacial score (nSPS) is 31.8. The first kappa shape index (κ1) is 15.3. The predicted octanol–water partition coefficient (Wildman–Crippen LogP) is 3.11. The first-order valence-corrected chi connectivity index (χ1v) is 8.06. The van der Waals surface area contributed by atoms with E-state index in [4.69, 9.17) is 0 Å². The summed E-state index contributed by atoms with van der Waals surface area (Å²) in [6, 6.07) is 0. The van der Waals surface area contributed by atoms with Gasteiger partial charge in [0.15, 0.2) is 0 Å². The minimum Gasteiger partial charge on any atom is -0.480 e. The van der Waals surface area contributed by atoms with E-state index in [1.54, 1.807) is 0 Å². The molecule has 0 unspecified atom stereocenters. The van der Waals surface area contributed by atoms with Crippen LogP contribution in [0, 0.1) is 11.8 Å². The van der Waals surface area contributed by atoms with Crippen LogP contribution in [0.4, 0.5) is 0 Å². The van der Waals surface area contributed by atoms with E-state index in [0.29, 0.717) is 31.1 Å². The summed E-state index contributed by atoms with van der Waals surface area (Å²) in [5.41, 5.74) is -1.00. The highest BCUT2D eigenvalue weighted by Crippen LogP contribution is 2.33. The van der Waals surface area contributed by atoms with Crippen LogP contribution in [-0.4, -0.2) is 22.5 Å². The molecule has 0 bridgehead atoms. The quantitative estimate of drug-likeness (QED) is 0.832. The third-order valence-corrected chi connectivity index (χ3v) is 5.11. The van der Waals surface area contributed by atoms with E-state index < -0.39 is 11.5 Å². The molecule has 20 heavy (non-hydrogen) atoms. The summed E-state index contributed by atoms with van der Waals surface area (Å²) in [6.45, 7) is 2.15. The lowest BCUT2D eigenvalue weighted by Crippen LogP contribution is -2.56. The van der Waals surface area contributed by atoms with E-state index >= 15 is 0 Å². The highest BCUT2D eigenvalue weighted by atomic mass is 16.4. The van der Waals surface area contributed by atoms with Crippen LogP contribution in [0.2, 0.25) is 0 Å². The predicted molar refractivity (Wildman–Crippen MR) is 77.3 cm³/mol. The van der Waals surface area contributed by atoms with E-state index in [0.717, 1.165) is 25.7 Å². The Morgan fingerprint density at radius 2 is 1.70 bits per heavy atom. The van der Waals surface area contributed by atoms with Gasteiger partial charge in [0.05, 0.1) is 0 Å². The lowest BCUT2D eigenvalue weighted by atomic mass is 9.76. The molecule has 0 heterocycles. The molecule has 0 atom stereocenters. The van der Waals surface area contributed by atoms with Crippen molar-refractivity contribution < 1.29 is 14.7 Å². The van der Waals surface area contributed by atoms with E-state index in [1.807, 2.05) is 0 Å². The number of rotatable bonds is 4. The van der Waals surface area contributed by atoms with Crippen LogP contribution in [0.15, 0.2) is 0 Å². The number of hydrogen-bond acceptors (Lipinski definition) is 2. The van der Waals surface area contributed by atoms with Crippen molar-refractivity contribution in [3.8, 4) is 0 Å². The smallest absolute Gasteiger partial charge is 0.329 e. The number of carboxylic acid groups (broad SMARTS) is 1. The second-order valence-corrected chi connectivity index (χ2v) is 6.83. The molecule has 0 aromatic rings. The molecular weight excluding hydrogens is 254 g/mol. The Bertz CT molecular complexity index is 353. The number of nitrogens with one attached hydrogen (secondary N) is 1. The third-order valence-electron chi connectivity index (χ3n) is 5.11. The second kappa shape index (κ2) is 6.59. The molecule has 0 aliphatic heterocycles. The summed E-state index contributed by atoms with van der Waals surface area (Å²) in [6.07, 6.45) is 9.33. The summed E-state index contributed by atoms with van der Waals surface area (Å²) in [4.78, 5) is 23.8. The number of carbonyl (C=O) groups excluding carboxylic acids is 1. The SMILES string of the molecule is CC1CCC(NC(=O)CC2CCCCC2)(C(=O)O)CC1. The minimum absolute atomic E-state index is 0.0612. The van der Waals surface area contributed by atoms with Gasteiger partial charge in [-0.3, -0.25) is 4.79 Å². The molecule has 114 valence electrons. The van der Waals surface area contributed by atoms with Crippen LogP contribution in [-0.2, 0) is 9.59 Å². The van der Waals surface area contributed by atoms with E-state index in [9.17, 15) is 14.7 Å². The fourth-order valence-electron chi connectivity index (χ4n) is 3.62. The zero-order valence-corrected chi connectivity index (χ0v) is 12.5. The number of carbonyl (C=O) groups is 2. The molecule has 2 aliphatic carbocycles. The van der Waals surface area contributed by atoms with Gasteiger partial charge in [-0.1, -0.05) is 26.2 Å². The van der Waals surface area contributed by atoms with Crippen LogP contribution >= 0.6 is 0 Å². The Labute approximate surface area is 121 Å². The molecule has 4 heteroatoms. The fourth-order valence-corrected chi connectivity index (χ4v) is 3.62. The van der Waals surface area contributed by atoms with Gasteiger partial charge in [-0.25, -0.2) is 4.79 Å². The van der Waals surface area contributed by atoms with Gasteiger partial charge in [0.2, 0.25) is 5.91 Å². The monoisotopic (exact) mass is 281 g/mol. The first-order chi connectivity index (χ1) is 9.52. The standard InChI is InChI=1S/C16H27NO3/c1-12-7-9-16(10-8-12,15(19)20)17-14(18)11-13-5-3-2-4-6-13/h12-13H,2-11H2,1H3,(H,17,18)(H,19,20). The van der Waals surface area contributed by atoms with Gasteiger partial charge in [0.1, 0.15) is 5.54 Å². The molecule has 4 nitrogen and oxygen atoms in total. The van der Waals surface area contributed by atoms with E-state index in [1.165, 1.54) is 19.3 Å². The molecule has 2 aliphatic rings. The number of amides is 1. The lowest BCUT2D eigenvalue weighted by Gasteiger charge is -2.37. The van der Waals surface area contributed by atoms with Gasteiger partial charge < -0.3 is 10.4 Å². The maximum atomic E-state index is 12.2. The molecule has 2 rings (SSSR count). The van der Waals surface area contributed by atoms with Gasteiger partial charge >= 0.3 is 5.97 Å². The van der Waals surface area contributed by atoms with Crippen LogP contribution in [0.3, 0.4) is 0 Å². The third kappa shape index (κ3) is 3.74. The van der Waals surface area contributed by atoms with Crippen LogP contribution in [0.25, 0.3) is 0 Å². The fraction of sp³-hybridized carbons (Fsp3) is 0.875. The topological polar surface area (TPSA) is 66.4 Å². The van der Waals surface area contributed by atoms with Crippen molar-refractivity contribution in [2.75, 3.05) is 0 Å². The molecular formula is C16H27NO3. The van der Waals surface area contributed by atoms with E-state index in [-0.39, 0.29) is 5.91 Å². The molecule has 0 aromatic carbocycles. The molecule has 0 radical (unpaired) electrons. The molecule has 0 spiro atoms. The highest BCUT2D eigenvalue weighted by molar-refractivity contribution is 5.87. The summed E-state index contributed by atoms with van der Waals surface area (Å²) in [5, 5.41) is 12.4. The highest BCUT2D eigenvalue weighted by Gasteiger charge is 2.42. The number of carboxylic acids is 1. The number of aliphatic carboxylic acids is 1. The molecule has 1 amide bonds. The van der Waals surface area contributed by atoms with Crippen LogP contribution in [0.1, 0.15) is 71.1 Å². The average molecular weight is 281 g/mol. The maximum Gasteiger partial charge on any atom is 0.329 e. The van der Waals surface area contributed by atoms with E-state index in [2.05, 4.69) is 12.2 Å². The Kier molecular flexibility index (Phi) is 5.06. The Hall–Kier alpha value is -1.06. The average Bonchev–Trinajstić information content (AvgIpc) is 2.42. The van der Waals surface area contributed by atoms with Crippen molar-refractivity contribution >= 4 is 11.9 Å². The maximum absolute atomic E-state index is 12.2. The van der Waals surface area contributed by atoms with Crippen molar-refractivity contribution in [2.24, 2.45) is 11.8 Å². The Morgan fingerprint density at radius 3 is 2.25 bits per heavy atom. The Balaban J connectivity index is 1.90. The summed E-state index contributed by atoms with van der Waals surface area (Å²) in [5.74, 6) is 0.102. The van der Waals surface area contributed by atoms with Crippen molar-refractivity contribution in [1.82, 2.24) is 5.32 Å². The molecule has 0 saturated heterocycles. The van der Waals surface area contributed by atoms with Crippen molar-refractivity contribution in [1.29, 1.82) is 0 Å². The Morgan fingerprint density at radius 1 is 1.10 bits per heavy atom. The second-order valence-electron chi connectivity index (χ2n) is 6.83. The van der Waals surface area contributed by atoms with Gasteiger partial charge in [-0.05, 0) is 50.4 Å². The van der Waals surface area contributed by atoms with Gasteiger partial charge in [-0.2, -0.15) is 0 Å². The minimum atomic E-state index is -1.00. The van der Waals surface area contributed by atoms with Crippen LogP contribution in [0.5, 0.6) is 0 Å². The van der Waals surface area contributed by atoms with Crippen molar-refractivity contribution in [2.45, 2.75) is 76.7 Å². The zero-order valence-electron chi connectivity index (χ0n) is 12.5. The lowest BCUT2D eigenvalue weighted by molar-refractivity contribution is -0.149. The summed E-state index contributed by atoms with van der Waals surface area (Å²) < 4.78 is 0. The van der Waals surface area contributed by atoms with Gasteiger partial charge in [0.25, 0.3) is 0 Å². The summed E-state index contributed by atoms with van der Waals surface area (Å²) in [7, 11) is 0. The largest absolute Gasteiger partial charge is 0.480 e. The molecule has 2 saturated carbocycles. The number of hydrogen-bond donors (Lipinski definition) is 2. The van der Waals surface area contributed by atoms with Crippen LogP contribution < -0.4 is 5.32 Å². The van der Waals surface area contributed by atoms with Crippen molar-refractivity contribution in [3.05, 3.63) is 0 Å².